The van der Waals surface area contributed by atoms with Crippen LogP contribution in [0.1, 0.15) is 23.8 Å². The van der Waals surface area contributed by atoms with Crippen molar-refractivity contribution < 1.29 is 4.42 Å². The number of aryl methyl sites for hydroxylation is 1. The van der Waals surface area contributed by atoms with Crippen LogP contribution in [-0.4, -0.2) is 13.1 Å². The Morgan fingerprint density at radius 3 is 2.60 bits per heavy atom. The van der Waals surface area contributed by atoms with E-state index in [9.17, 15) is 0 Å². The zero-order chi connectivity index (χ0) is 14.7. The second-order valence-corrected chi connectivity index (χ2v) is 5.72. The molecule has 0 amide bonds. The molecule has 0 fully saturated rings. The third-order valence-corrected chi connectivity index (χ3v) is 3.74. The number of rotatable bonds is 5. The molecule has 1 aromatic heterocycles. The lowest BCUT2D eigenvalue weighted by Gasteiger charge is -2.20. The smallest absolute Gasteiger partial charge is 0.105 e. The van der Waals surface area contributed by atoms with Gasteiger partial charge in [-0.15, -0.1) is 0 Å². The molecule has 0 saturated heterocycles. The first-order valence-electron chi connectivity index (χ1n) is 6.75. The van der Waals surface area contributed by atoms with Gasteiger partial charge < -0.3 is 15.1 Å². The summed E-state index contributed by atoms with van der Waals surface area (Å²) in [5.74, 6) is 0.955. The maximum atomic E-state index is 6.33. The van der Waals surface area contributed by atoms with Crippen LogP contribution < -0.4 is 10.6 Å². The van der Waals surface area contributed by atoms with Crippen LogP contribution in [0, 0.1) is 6.92 Å². The van der Waals surface area contributed by atoms with E-state index in [2.05, 4.69) is 17.0 Å². The van der Waals surface area contributed by atoms with Gasteiger partial charge in [-0.25, -0.2) is 0 Å². The summed E-state index contributed by atoms with van der Waals surface area (Å²) in [5, 5.41) is 0.774. The number of hydrogen-bond donors (Lipinski definition) is 1. The van der Waals surface area contributed by atoms with E-state index >= 15 is 0 Å². The van der Waals surface area contributed by atoms with Gasteiger partial charge in [0.1, 0.15) is 5.76 Å². The molecule has 20 heavy (non-hydrogen) atoms. The van der Waals surface area contributed by atoms with Crippen LogP contribution in [-0.2, 0) is 13.0 Å². The van der Waals surface area contributed by atoms with Crippen molar-refractivity contribution in [2.75, 3.05) is 11.9 Å². The van der Waals surface area contributed by atoms with Gasteiger partial charge in [-0.1, -0.05) is 17.7 Å². The Balaban J connectivity index is 2.12. The molecule has 0 bridgehead atoms. The van der Waals surface area contributed by atoms with E-state index in [1.54, 1.807) is 6.26 Å². The van der Waals surface area contributed by atoms with Gasteiger partial charge in [0.2, 0.25) is 0 Å². The fourth-order valence-electron chi connectivity index (χ4n) is 2.21. The Labute approximate surface area is 125 Å². The highest BCUT2D eigenvalue weighted by Crippen LogP contribution is 2.25. The van der Waals surface area contributed by atoms with E-state index in [1.165, 1.54) is 5.56 Å². The summed E-state index contributed by atoms with van der Waals surface area (Å²) in [4.78, 5) is 2.15. The number of furan rings is 1. The van der Waals surface area contributed by atoms with Crippen molar-refractivity contribution in [3.8, 4) is 0 Å². The van der Waals surface area contributed by atoms with Gasteiger partial charge in [0.25, 0.3) is 0 Å². The molecule has 0 aliphatic rings. The standard InChI is InChI=1S/C16H21ClN2O/c1-11(18)8-13-4-5-15(9-16(13)17)19(3)10-14-6-7-20-12(14)2/h4-7,9,11H,8,10,18H2,1-3H3. The summed E-state index contributed by atoms with van der Waals surface area (Å²) < 4.78 is 5.32. The maximum absolute atomic E-state index is 6.33. The molecule has 1 atom stereocenters. The highest BCUT2D eigenvalue weighted by atomic mass is 35.5. The van der Waals surface area contributed by atoms with Gasteiger partial charge in [-0.05, 0) is 44.0 Å². The summed E-state index contributed by atoms with van der Waals surface area (Å²) in [6.07, 6.45) is 2.51. The van der Waals surface area contributed by atoms with Crippen molar-refractivity contribution in [1.82, 2.24) is 0 Å². The lowest BCUT2D eigenvalue weighted by atomic mass is 10.1. The summed E-state index contributed by atoms with van der Waals surface area (Å²) in [6, 6.07) is 8.25. The van der Waals surface area contributed by atoms with Crippen molar-refractivity contribution in [2.24, 2.45) is 5.73 Å². The summed E-state index contributed by atoms with van der Waals surface area (Å²) in [7, 11) is 2.04. The van der Waals surface area contributed by atoms with Gasteiger partial charge in [-0.3, -0.25) is 0 Å². The molecule has 0 radical (unpaired) electrons. The van der Waals surface area contributed by atoms with Crippen molar-refractivity contribution in [3.05, 3.63) is 52.4 Å². The Morgan fingerprint density at radius 1 is 1.30 bits per heavy atom. The van der Waals surface area contributed by atoms with E-state index in [1.807, 2.05) is 33.0 Å². The van der Waals surface area contributed by atoms with Crippen LogP contribution >= 0.6 is 11.6 Å². The number of hydrogen-bond acceptors (Lipinski definition) is 3. The van der Waals surface area contributed by atoms with Crippen LogP contribution in [0.3, 0.4) is 0 Å². The third-order valence-electron chi connectivity index (χ3n) is 3.39. The van der Waals surface area contributed by atoms with Crippen molar-refractivity contribution in [2.45, 2.75) is 32.9 Å². The van der Waals surface area contributed by atoms with Gasteiger partial charge in [0.15, 0.2) is 0 Å². The zero-order valence-corrected chi connectivity index (χ0v) is 12.9. The van der Waals surface area contributed by atoms with E-state index < -0.39 is 0 Å². The average molecular weight is 293 g/mol. The predicted molar refractivity (Wildman–Crippen MR) is 84.4 cm³/mol. The zero-order valence-electron chi connectivity index (χ0n) is 12.2. The van der Waals surface area contributed by atoms with Gasteiger partial charge in [0.05, 0.1) is 6.26 Å². The number of nitrogens with two attached hydrogens (primary N) is 1. The fourth-order valence-corrected chi connectivity index (χ4v) is 2.46. The second kappa shape index (κ2) is 6.33. The van der Waals surface area contributed by atoms with Crippen LogP contribution in [0.15, 0.2) is 34.9 Å². The molecule has 0 aliphatic heterocycles. The summed E-state index contributed by atoms with van der Waals surface area (Å²) in [5.41, 5.74) is 9.18. The normalized spacial score (nSPS) is 12.4. The molecule has 1 heterocycles. The maximum Gasteiger partial charge on any atom is 0.105 e. The molecule has 3 nitrogen and oxygen atoms in total. The number of anilines is 1. The molecule has 4 heteroatoms. The summed E-state index contributed by atoms with van der Waals surface area (Å²) >= 11 is 6.33. The highest BCUT2D eigenvalue weighted by molar-refractivity contribution is 6.31. The van der Waals surface area contributed by atoms with Crippen molar-refractivity contribution >= 4 is 17.3 Å². The van der Waals surface area contributed by atoms with E-state index in [0.717, 1.165) is 35.0 Å². The van der Waals surface area contributed by atoms with Gasteiger partial charge >= 0.3 is 0 Å². The third kappa shape index (κ3) is 3.56. The van der Waals surface area contributed by atoms with Crippen LogP contribution in [0.2, 0.25) is 5.02 Å². The predicted octanol–water partition coefficient (Wildman–Crippen LogP) is 3.77. The molecule has 1 unspecified atom stereocenters. The van der Waals surface area contributed by atoms with Gasteiger partial charge in [-0.2, -0.15) is 0 Å². The SMILES string of the molecule is Cc1occc1CN(C)c1ccc(CC(C)N)c(Cl)c1. The molecule has 108 valence electrons. The summed E-state index contributed by atoms with van der Waals surface area (Å²) in [6.45, 7) is 4.76. The highest BCUT2D eigenvalue weighted by Gasteiger charge is 2.09. The van der Waals surface area contributed by atoms with E-state index in [-0.39, 0.29) is 6.04 Å². The lowest BCUT2D eigenvalue weighted by Crippen LogP contribution is -2.19. The molecule has 2 N–H and O–H groups in total. The van der Waals surface area contributed by atoms with Crippen LogP contribution in [0.5, 0.6) is 0 Å². The van der Waals surface area contributed by atoms with Gasteiger partial charge in [0, 0.05) is 35.9 Å². The molecule has 0 aliphatic carbocycles. The lowest BCUT2D eigenvalue weighted by molar-refractivity contribution is 0.529. The minimum atomic E-state index is 0.115. The van der Waals surface area contributed by atoms with Crippen molar-refractivity contribution in [3.63, 3.8) is 0 Å². The average Bonchev–Trinajstić information content (AvgIpc) is 2.77. The fraction of sp³-hybridized carbons (Fsp3) is 0.375. The van der Waals surface area contributed by atoms with Crippen LogP contribution in [0.4, 0.5) is 5.69 Å². The Bertz CT molecular complexity index is 578. The van der Waals surface area contributed by atoms with E-state index in [0.29, 0.717) is 0 Å². The Morgan fingerprint density at radius 2 is 2.05 bits per heavy atom. The first-order valence-corrected chi connectivity index (χ1v) is 7.13. The number of benzene rings is 1. The van der Waals surface area contributed by atoms with E-state index in [4.69, 9.17) is 21.8 Å². The largest absolute Gasteiger partial charge is 0.469 e. The quantitative estimate of drug-likeness (QED) is 0.912. The topological polar surface area (TPSA) is 42.4 Å². The molecule has 1 aromatic carbocycles. The molecule has 2 rings (SSSR count). The minimum Gasteiger partial charge on any atom is -0.469 e. The molecule has 0 spiro atoms. The van der Waals surface area contributed by atoms with Crippen molar-refractivity contribution in [1.29, 1.82) is 0 Å². The monoisotopic (exact) mass is 292 g/mol. The number of nitrogens with zero attached hydrogens (tertiary/aromatic N) is 1. The molecule has 0 saturated carbocycles. The first-order chi connectivity index (χ1) is 9.47. The molecule has 2 aromatic rings. The van der Waals surface area contributed by atoms with Crippen LogP contribution in [0.25, 0.3) is 0 Å². The second-order valence-electron chi connectivity index (χ2n) is 5.32. The Hall–Kier alpha value is -1.45. The Kier molecular flexibility index (Phi) is 4.73. The minimum absolute atomic E-state index is 0.115. The number of halogens is 1. The molecular weight excluding hydrogens is 272 g/mol. The first kappa shape index (κ1) is 14.9. The molecular formula is C16H21ClN2O.